The number of furan rings is 1. The second kappa shape index (κ2) is 6.33. The van der Waals surface area contributed by atoms with Crippen molar-refractivity contribution in [2.45, 2.75) is 44.7 Å². The van der Waals surface area contributed by atoms with Crippen molar-refractivity contribution in [2.75, 3.05) is 20.1 Å². The van der Waals surface area contributed by atoms with Crippen molar-refractivity contribution < 1.29 is 9.21 Å². The molecule has 0 bridgehead atoms. The fourth-order valence-corrected chi connectivity index (χ4v) is 4.69. The third-order valence-electron chi connectivity index (χ3n) is 5.30. The first-order chi connectivity index (χ1) is 11.6. The molecule has 0 N–H and O–H groups in total. The average Bonchev–Trinajstić information content (AvgIpc) is 3.33. The van der Waals surface area contributed by atoms with E-state index < -0.39 is 0 Å². The molecule has 24 heavy (non-hydrogen) atoms. The second-order valence-corrected chi connectivity index (χ2v) is 7.91. The first-order valence-corrected chi connectivity index (χ1v) is 9.53. The van der Waals surface area contributed by atoms with E-state index in [1.807, 2.05) is 18.4 Å². The molecule has 0 radical (unpaired) electrons. The lowest BCUT2D eigenvalue weighted by Gasteiger charge is -2.33. The van der Waals surface area contributed by atoms with E-state index in [9.17, 15) is 4.79 Å². The maximum Gasteiger partial charge on any atom is 0.257 e. The Kier molecular flexibility index (Phi) is 4.18. The Morgan fingerprint density at radius 1 is 1.29 bits per heavy atom. The van der Waals surface area contributed by atoms with Gasteiger partial charge in [0.1, 0.15) is 12.0 Å². The molecule has 2 aliphatic heterocycles. The maximum atomic E-state index is 13.0. The van der Waals surface area contributed by atoms with Gasteiger partial charge in [-0.2, -0.15) is 0 Å². The molecule has 2 atom stereocenters. The summed E-state index contributed by atoms with van der Waals surface area (Å²) >= 11 is 1.59. The molecule has 0 spiro atoms. The summed E-state index contributed by atoms with van der Waals surface area (Å²) in [5.74, 6) is 0.774. The van der Waals surface area contributed by atoms with E-state index in [1.165, 1.54) is 12.8 Å². The largest absolute Gasteiger partial charge is 0.462 e. The van der Waals surface area contributed by atoms with Crippen LogP contribution in [0.15, 0.2) is 22.1 Å². The lowest BCUT2D eigenvalue weighted by molar-refractivity contribution is 0.0663. The summed E-state index contributed by atoms with van der Waals surface area (Å²) in [5.41, 5.74) is 1.45. The molecule has 2 aromatic heterocycles. The average molecular weight is 345 g/mol. The molecular weight excluding hydrogens is 322 g/mol. The van der Waals surface area contributed by atoms with E-state index in [0.717, 1.165) is 36.6 Å². The number of thiazole rings is 1. The van der Waals surface area contributed by atoms with Gasteiger partial charge in [0.15, 0.2) is 5.76 Å². The van der Waals surface area contributed by atoms with Crippen molar-refractivity contribution in [3.8, 4) is 11.5 Å². The minimum Gasteiger partial charge on any atom is -0.462 e. The zero-order chi connectivity index (χ0) is 16.7. The Labute approximate surface area is 146 Å². The Bertz CT molecular complexity index is 738. The molecule has 0 aromatic carbocycles. The molecule has 2 aliphatic rings. The number of likely N-dealkylation sites (tertiary alicyclic amines) is 2. The minimum atomic E-state index is 0.0970. The molecule has 0 saturated carbocycles. The van der Waals surface area contributed by atoms with E-state index in [4.69, 9.17) is 4.42 Å². The van der Waals surface area contributed by atoms with Crippen molar-refractivity contribution in [1.82, 2.24) is 14.8 Å². The number of aromatic nitrogens is 1. The van der Waals surface area contributed by atoms with Crippen LogP contribution >= 0.6 is 11.3 Å². The Hall–Kier alpha value is -1.66. The molecule has 128 valence electrons. The summed E-state index contributed by atoms with van der Waals surface area (Å²) in [6.07, 6.45) is 6.21. The Morgan fingerprint density at radius 2 is 2.08 bits per heavy atom. The van der Waals surface area contributed by atoms with Crippen molar-refractivity contribution in [2.24, 2.45) is 0 Å². The molecule has 4 rings (SSSR count). The molecule has 2 aromatic rings. The highest BCUT2D eigenvalue weighted by Crippen LogP contribution is 2.31. The smallest absolute Gasteiger partial charge is 0.257 e. The predicted octanol–water partition coefficient (Wildman–Crippen LogP) is 3.41. The lowest BCUT2D eigenvalue weighted by atomic mass is 10.0. The topological polar surface area (TPSA) is 49.6 Å². The Balaban J connectivity index is 1.54. The van der Waals surface area contributed by atoms with Crippen LogP contribution in [0.1, 0.15) is 41.0 Å². The van der Waals surface area contributed by atoms with E-state index in [-0.39, 0.29) is 5.91 Å². The van der Waals surface area contributed by atoms with Gasteiger partial charge >= 0.3 is 0 Å². The zero-order valence-electron chi connectivity index (χ0n) is 14.2. The van der Waals surface area contributed by atoms with Crippen LogP contribution in [0.2, 0.25) is 0 Å². The number of amides is 1. The van der Waals surface area contributed by atoms with Gasteiger partial charge in [-0.25, -0.2) is 4.98 Å². The van der Waals surface area contributed by atoms with Crippen molar-refractivity contribution in [1.29, 1.82) is 0 Å². The highest BCUT2D eigenvalue weighted by Gasteiger charge is 2.38. The normalized spacial score (nSPS) is 24.8. The molecule has 2 saturated heterocycles. The fraction of sp³-hybridized carbons (Fsp3) is 0.556. The van der Waals surface area contributed by atoms with Crippen LogP contribution in [0.5, 0.6) is 0 Å². The van der Waals surface area contributed by atoms with Crippen molar-refractivity contribution >= 4 is 17.2 Å². The first kappa shape index (κ1) is 15.8. The second-order valence-electron chi connectivity index (χ2n) is 6.85. The standard InChI is InChI=1S/C18H23N3O2S/c1-12-19-14(11-24-12)17-9-13(10-23-17)18(22)21-8-4-6-16(21)15-5-3-7-20(15)2/h9-11,15-16H,3-8H2,1-2H3/t15-,16+/m0/s1. The van der Waals surface area contributed by atoms with Crippen LogP contribution in [-0.2, 0) is 0 Å². The SMILES string of the molecule is Cc1nc(-c2cc(C(=O)N3CCC[C@@H]3[C@@H]3CCCN3C)co2)cs1. The molecule has 0 unspecified atom stereocenters. The van der Waals surface area contributed by atoms with Gasteiger partial charge in [-0.15, -0.1) is 11.3 Å². The molecule has 2 fully saturated rings. The minimum absolute atomic E-state index is 0.0970. The van der Waals surface area contributed by atoms with E-state index >= 15 is 0 Å². The van der Waals surface area contributed by atoms with Crippen LogP contribution in [-0.4, -0.2) is 52.9 Å². The van der Waals surface area contributed by atoms with Crippen LogP contribution in [0.3, 0.4) is 0 Å². The number of hydrogen-bond acceptors (Lipinski definition) is 5. The third-order valence-corrected chi connectivity index (χ3v) is 6.07. The summed E-state index contributed by atoms with van der Waals surface area (Å²) < 4.78 is 5.61. The van der Waals surface area contributed by atoms with Crippen LogP contribution in [0.25, 0.3) is 11.5 Å². The van der Waals surface area contributed by atoms with E-state index in [0.29, 0.717) is 23.4 Å². The Morgan fingerprint density at radius 3 is 2.79 bits per heavy atom. The molecular formula is C18H23N3O2S. The number of nitrogens with zero attached hydrogens (tertiary/aromatic N) is 3. The summed E-state index contributed by atoms with van der Waals surface area (Å²) in [6.45, 7) is 3.96. The first-order valence-electron chi connectivity index (χ1n) is 8.66. The number of hydrogen-bond donors (Lipinski definition) is 0. The van der Waals surface area contributed by atoms with Gasteiger partial charge in [0.25, 0.3) is 5.91 Å². The number of carbonyl (C=O) groups is 1. The molecule has 5 nitrogen and oxygen atoms in total. The van der Waals surface area contributed by atoms with Gasteiger partial charge in [0.2, 0.25) is 0 Å². The summed E-state index contributed by atoms with van der Waals surface area (Å²) in [7, 11) is 2.18. The van der Waals surface area contributed by atoms with Crippen molar-refractivity contribution in [3.63, 3.8) is 0 Å². The highest BCUT2D eigenvalue weighted by atomic mass is 32.1. The van der Waals surface area contributed by atoms with Gasteiger partial charge in [-0.3, -0.25) is 4.79 Å². The number of rotatable bonds is 3. The molecule has 1 amide bonds. The number of likely N-dealkylation sites (N-methyl/N-ethyl adjacent to an activating group) is 1. The van der Waals surface area contributed by atoms with Gasteiger partial charge in [0, 0.05) is 24.0 Å². The number of carbonyl (C=O) groups excluding carboxylic acids is 1. The quantitative estimate of drug-likeness (QED) is 0.855. The van der Waals surface area contributed by atoms with Crippen molar-refractivity contribution in [3.05, 3.63) is 28.3 Å². The van der Waals surface area contributed by atoms with Gasteiger partial charge in [-0.1, -0.05) is 0 Å². The van der Waals surface area contributed by atoms with Crippen LogP contribution in [0.4, 0.5) is 0 Å². The molecule has 0 aliphatic carbocycles. The maximum absolute atomic E-state index is 13.0. The fourth-order valence-electron chi connectivity index (χ4n) is 4.09. The predicted molar refractivity (Wildman–Crippen MR) is 94.3 cm³/mol. The van der Waals surface area contributed by atoms with Crippen LogP contribution in [0, 0.1) is 6.92 Å². The molecule has 4 heterocycles. The van der Waals surface area contributed by atoms with Gasteiger partial charge in [0.05, 0.1) is 10.6 Å². The third kappa shape index (κ3) is 2.78. The lowest BCUT2D eigenvalue weighted by Crippen LogP contribution is -2.47. The number of aryl methyl sites for hydroxylation is 1. The van der Waals surface area contributed by atoms with Gasteiger partial charge in [-0.05, 0) is 52.3 Å². The van der Waals surface area contributed by atoms with E-state index in [1.54, 1.807) is 17.6 Å². The summed E-state index contributed by atoms with van der Waals surface area (Å²) in [4.78, 5) is 21.9. The monoisotopic (exact) mass is 345 g/mol. The van der Waals surface area contributed by atoms with Gasteiger partial charge < -0.3 is 14.2 Å². The van der Waals surface area contributed by atoms with E-state index in [2.05, 4.69) is 21.8 Å². The zero-order valence-corrected chi connectivity index (χ0v) is 15.0. The highest BCUT2D eigenvalue weighted by molar-refractivity contribution is 7.09. The summed E-state index contributed by atoms with van der Waals surface area (Å²) in [6, 6.07) is 2.68. The van der Waals surface area contributed by atoms with Crippen LogP contribution < -0.4 is 0 Å². The summed E-state index contributed by atoms with van der Waals surface area (Å²) in [5, 5.41) is 2.97. The molecule has 6 heteroatoms.